The molecule has 1 N–H and O–H groups in total. The highest BCUT2D eigenvalue weighted by Gasteiger charge is 2.27. The summed E-state index contributed by atoms with van der Waals surface area (Å²) in [6.45, 7) is 2.26. The van der Waals surface area contributed by atoms with Gasteiger partial charge in [-0.05, 0) is 43.2 Å². The normalized spacial score (nSPS) is 14.8. The van der Waals surface area contributed by atoms with Gasteiger partial charge in [-0.1, -0.05) is 30.0 Å². The van der Waals surface area contributed by atoms with Gasteiger partial charge in [0, 0.05) is 32.4 Å². The lowest BCUT2D eigenvalue weighted by molar-refractivity contribution is -0.113. The van der Waals surface area contributed by atoms with E-state index in [2.05, 4.69) is 10.3 Å². The fourth-order valence-corrected chi connectivity index (χ4v) is 6.11. The number of methoxy groups -OCH3 is 1. The van der Waals surface area contributed by atoms with Gasteiger partial charge in [-0.25, -0.2) is 13.4 Å². The fraction of sp³-hybridized carbons (Fsp3) is 0.364. The number of fused-ring (bicyclic) bond motifs is 1. The molecule has 3 aromatic rings. The molecule has 4 rings (SSSR count). The first-order chi connectivity index (χ1) is 15.5. The zero-order chi connectivity index (χ0) is 22.6. The molecule has 0 radical (unpaired) electrons. The SMILES string of the molecule is COCCn1c(SCC(=O)Nc2cccc(S(=O)(=O)N3CCCC3)c2)nc2ccccc21. The van der Waals surface area contributed by atoms with Gasteiger partial charge in [0.1, 0.15) is 0 Å². The third-order valence-corrected chi connectivity index (χ3v) is 8.16. The number of thioether (sulfide) groups is 1. The summed E-state index contributed by atoms with van der Waals surface area (Å²) in [4.78, 5) is 17.4. The van der Waals surface area contributed by atoms with E-state index in [-0.39, 0.29) is 16.6 Å². The molecule has 0 bridgehead atoms. The van der Waals surface area contributed by atoms with Crippen LogP contribution in [0.3, 0.4) is 0 Å². The molecule has 0 aliphatic carbocycles. The Balaban J connectivity index is 1.44. The van der Waals surface area contributed by atoms with Crippen LogP contribution in [0.5, 0.6) is 0 Å². The maximum Gasteiger partial charge on any atom is 0.243 e. The standard InChI is InChI=1S/C22H26N4O4S2/c1-30-14-13-26-20-10-3-2-9-19(20)24-22(26)31-16-21(27)23-17-7-6-8-18(15-17)32(28,29)25-11-4-5-12-25/h2-3,6-10,15H,4-5,11-14,16H2,1H3,(H,23,27). The minimum atomic E-state index is -3.53. The average Bonchev–Trinajstić information content (AvgIpc) is 3.45. The van der Waals surface area contributed by atoms with Crippen molar-refractivity contribution in [1.29, 1.82) is 0 Å². The molecule has 2 aromatic carbocycles. The summed E-state index contributed by atoms with van der Waals surface area (Å²) in [6, 6.07) is 14.2. The predicted octanol–water partition coefficient (Wildman–Crippen LogP) is 3.20. The monoisotopic (exact) mass is 474 g/mol. The molecule has 1 aromatic heterocycles. The van der Waals surface area contributed by atoms with Crippen molar-refractivity contribution in [3.63, 3.8) is 0 Å². The van der Waals surface area contributed by atoms with Gasteiger partial charge >= 0.3 is 0 Å². The van der Waals surface area contributed by atoms with Crippen LogP contribution in [0, 0.1) is 0 Å². The van der Waals surface area contributed by atoms with Crippen LogP contribution in [-0.2, 0) is 26.1 Å². The maximum absolute atomic E-state index is 12.8. The van der Waals surface area contributed by atoms with Gasteiger partial charge in [-0.15, -0.1) is 0 Å². The van der Waals surface area contributed by atoms with Gasteiger partial charge in [0.05, 0.1) is 28.3 Å². The molecule has 1 amide bonds. The number of benzene rings is 2. The Morgan fingerprint density at radius 2 is 1.94 bits per heavy atom. The zero-order valence-corrected chi connectivity index (χ0v) is 19.5. The zero-order valence-electron chi connectivity index (χ0n) is 17.9. The number of para-hydroxylation sites is 2. The Morgan fingerprint density at radius 3 is 2.72 bits per heavy atom. The first kappa shape index (κ1) is 22.8. The van der Waals surface area contributed by atoms with Gasteiger partial charge < -0.3 is 14.6 Å². The summed E-state index contributed by atoms with van der Waals surface area (Å²) in [5, 5.41) is 3.55. The van der Waals surface area contributed by atoms with E-state index in [0.717, 1.165) is 29.0 Å². The average molecular weight is 475 g/mol. The number of hydrogen-bond donors (Lipinski definition) is 1. The number of imidazole rings is 1. The minimum absolute atomic E-state index is 0.152. The van der Waals surface area contributed by atoms with Gasteiger partial charge in [0.2, 0.25) is 15.9 Å². The molecule has 1 aliphatic heterocycles. The lowest BCUT2D eigenvalue weighted by Crippen LogP contribution is -2.28. The molecular formula is C22H26N4O4S2. The number of carbonyl (C=O) groups is 1. The van der Waals surface area contributed by atoms with Crippen molar-refractivity contribution in [3.05, 3.63) is 48.5 Å². The molecule has 1 aliphatic rings. The van der Waals surface area contributed by atoms with Crippen LogP contribution in [0.2, 0.25) is 0 Å². The Kier molecular flexibility index (Phi) is 7.14. The summed E-state index contributed by atoms with van der Waals surface area (Å²) in [6.07, 6.45) is 1.75. The Labute approximate surface area is 192 Å². The third kappa shape index (κ3) is 4.98. The van der Waals surface area contributed by atoms with Crippen LogP contribution >= 0.6 is 11.8 Å². The lowest BCUT2D eigenvalue weighted by atomic mass is 10.3. The van der Waals surface area contributed by atoms with Crippen LogP contribution in [0.1, 0.15) is 12.8 Å². The van der Waals surface area contributed by atoms with E-state index in [1.54, 1.807) is 25.3 Å². The van der Waals surface area contributed by atoms with E-state index in [9.17, 15) is 13.2 Å². The first-order valence-corrected chi connectivity index (χ1v) is 12.9. The molecule has 0 spiro atoms. The number of sulfonamides is 1. The van der Waals surface area contributed by atoms with E-state index in [1.807, 2.05) is 28.8 Å². The van der Waals surface area contributed by atoms with E-state index < -0.39 is 10.0 Å². The van der Waals surface area contributed by atoms with Crippen LogP contribution < -0.4 is 5.32 Å². The number of nitrogens with one attached hydrogen (secondary N) is 1. The van der Waals surface area contributed by atoms with Crippen molar-refractivity contribution in [2.24, 2.45) is 0 Å². The number of hydrogen-bond acceptors (Lipinski definition) is 6. The van der Waals surface area contributed by atoms with Crippen molar-refractivity contribution < 1.29 is 17.9 Å². The van der Waals surface area contributed by atoms with E-state index in [4.69, 9.17) is 4.74 Å². The number of nitrogens with zero attached hydrogens (tertiary/aromatic N) is 3. The highest BCUT2D eigenvalue weighted by molar-refractivity contribution is 7.99. The largest absolute Gasteiger partial charge is 0.383 e. The summed E-state index contributed by atoms with van der Waals surface area (Å²) in [7, 11) is -1.88. The second-order valence-electron chi connectivity index (χ2n) is 7.50. The molecule has 1 saturated heterocycles. The molecular weight excluding hydrogens is 448 g/mol. The summed E-state index contributed by atoms with van der Waals surface area (Å²) < 4.78 is 34.3. The fourth-order valence-electron chi connectivity index (χ4n) is 3.70. The van der Waals surface area contributed by atoms with Crippen molar-refractivity contribution >= 4 is 44.4 Å². The van der Waals surface area contributed by atoms with Crippen molar-refractivity contribution in [3.8, 4) is 0 Å². The smallest absolute Gasteiger partial charge is 0.243 e. The molecule has 10 heteroatoms. The van der Waals surface area contributed by atoms with Gasteiger partial charge in [-0.3, -0.25) is 4.79 Å². The van der Waals surface area contributed by atoms with Crippen molar-refractivity contribution in [1.82, 2.24) is 13.9 Å². The lowest BCUT2D eigenvalue weighted by Gasteiger charge is -2.16. The van der Waals surface area contributed by atoms with Crippen LogP contribution in [-0.4, -0.2) is 60.7 Å². The van der Waals surface area contributed by atoms with E-state index in [1.165, 1.54) is 22.1 Å². The van der Waals surface area contributed by atoms with Crippen molar-refractivity contribution in [2.45, 2.75) is 29.4 Å². The van der Waals surface area contributed by atoms with E-state index in [0.29, 0.717) is 31.9 Å². The third-order valence-electron chi connectivity index (χ3n) is 5.29. The Hall–Kier alpha value is -2.40. The van der Waals surface area contributed by atoms with Crippen LogP contribution in [0.4, 0.5) is 5.69 Å². The number of rotatable bonds is 9. The second-order valence-corrected chi connectivity index (χ2v) is 10.4. The summed E-state index contributed by atoms with van der Waals surface area (Å²) in [5.41, 5.74) is 2.32. The first-order valence-electron chi connectivity index (χ1n) is 10.5. The van der Waals surface area contributed by atoms with Gasteiger partial charge in [0.25, 0.3) is 0 Å². The highest BCUT2D eigenvalue weighted by Crippen LogP contribution is 2.25. The van der Waals surface area contributed by atoms with Crippen molar-refractivity contribution in [2.75, 3.05) is 37.9 Å². The van der Waals surface area contributed by atoms with E-state index >= 15 is 0 Å². The summed E-state index contributed by atoms with van der Waals surface area (Å²) in [5.74, 6) is -0.0737. The molecule has 32 heavy (non-hydrogen) atoms. The number of carbonyl (C=O) groups excluding carboxylic acids is 1. The minimum Gasteiger partial charge on any atom is -0.383 e. The predicted molar refractivity (Wildman–Crippen MR) is 125 cm³/mol. The topological polar surface area (TPSA) is 93.5 Å². The maximum atomic E-state index is 12.8. The molecule has 170 valence electrons. The van der Waals surface area contributed by atoms with Crippen LogP contribution in [0.25, 0.3) is 11.0 Å². The molecule has 2 heterocycles. The molecule has 8 nitrogen and oxygen atoms in total. The van der Waals surface area contributed by atoms with Crippen LogP contribution in [0.15, 0.2) is 58.6 Å². The number of ether oxygens (including phenoxy) is 1. The molecule has 0 atom stereocenters. The molecule has 0 saturated carbocycles. The molecule has 0 unspecified atom stereocenters. The number of anilines is 1. The quantitative estimate of drug-likeness (QED) is 0.479. The number of aromatic nitrogens is 2. The Morgan fingerprint density at radius 1 is 1.16 bits per heavy atom. The molecule has 1 fully saturated rings. The van der Waals surface area contributed by atoms with Gasteiger partial charge in [-0.2, -0.15) is 4.31 Å². The number of amides is 1. The summed E-state index contributed by atoms with van der Waals surface area (Å²) >= 11 is 1.34. The Bertz CT molecular complexity index is 1200. The van der Waals surface area contributed by atoms with Gasteiger partial charge in [0.15, 0.2) is 5.16 Å². The second kappa shape index (κ2) is 10.0. The highest BCUT2D eigenvalue weighted by atomic mass is 32.2.